The van der Waals surface area contributed by atoms with E-state index in [2.05, 4.69) is 19.9 Å². The summed E-state index contributed by atoms with van der Waals surface area (Å²) in [7, 11) is 0. The molecule has 0 aromatic carbocycles. The lowest BCUT2D eigenvalue weighted by atomic mass is 10.4. The summed E-state index contributed by atoms with van der Waals surface area (Å²) < 4.78 is 1.19. The molecule has 1 nitrogen and oxygen atoms in total. The van der Waals surface area contributed by atoms with Crippen molar-refractivity contribution < 1.29 is 0 Å². The molecule has 0 aliphatic heterocycles. The van der Waals surface area contributed by atoms with Crippen LogP contribution in [-0.4, -0.2) is 11.5 Å². The zero-order valence-corrected chi connectivity index (χ0v) is 10.7. The van der Waals surface area contributed by atoms with E-state index < -0.39 is 0 Å². The standard InChI is InChI=1S/C11H19NS2/c1-3-5-9-13-11(7-8-12)14-10-6-4-2/h7H,3-6,9-10H2,1-2H3. The van der Waals surface area contributed by atoms with E-state index in [4.69, 9.17) is 5.26 Å². The van der Waals surface area contributed by atoms with E-state index in [9.17, 15) is 0 Å². The van der Waals surface area contributed by atoms with Crippen molar-refractivity contribution in [2.45, 2.75) is 39.5 Å². The average molecular weight is 229 g/mol. The monoisotopic (exact) mass is 229 g/mol. The lowest BCUT2D eigenvalue weighted by Crippen LogP contribution is -1.81. The van der Waals surface area contributed by atoms with Crippen LogP contribution < -0.4 is 0 Å². The molecule has 0 bridgehead atoms. The van der Waals surface area contributed by atoms with Crippen molar-refractivity contribution >= 4 is 23.5 Å². The Morgan fingerprint density at radius 3 is 2.00 bits per heavy atom. The Hall–Kier alpha value is -0.0700. The van der Waals surface area contributed by atoms with Crippen molar-refractivity contribution in [3.8, 4) is 6.07 Å². The molecule has 0 aliphatic carbocycles. The molecule has 0 N–H and O–H groups in total. The van der Waals surface area contributed by atoms with Gasteiger partial charge < -0.3 is 0 Å². The highest BCUT2D eigenvalue weighted by atomic mass is 32.2. The quantitative estimate of drug-likeness (QED) is 0.455. The predicted octanol–water partition coefficient (Wildman–Crippen LogP) is 4.42. The van der Waals surface area contributed by atoms with Crippen molar-refractivity contribution in [1.82, 2.24) is 0 Å². The van der Waals surface area contributed by atoms with Gasteiger partial charge in [0.25, 0.3) is 0 Å². The summed E-state index contributed by atoms with van der Waals surface area (Å²) >= 11 is 3.65. The topological polar surface area (TPSA) is 23.8 Å². The van der Waals surface area contributed by atoms with Gasteiger partial charge in [-0.3, -0.25) is 0 Å². The summed E-state index contributed by atoms with van der Waals surface area (Å²) in [6.07, 6.45) is 6.61. The van der Waals surface area contributed by atoms with Gasteiger partial charge >= 0.3 is 0 Å². The fourth-order valence-corrected chi connectivity index (χ4v) is 3.19. The van der Waals surface area contributed by atoms with Crippen LogP contribution in [-0.2, 0) is 0 Å². The molecule has 0 saturated heterocycles. The third-order valence-electron chi connectivity index (χ3n) is 1.67. The van der Waals surface area contributed by atoms with Gasteiger partial charge in [0.15, 0.2) is 0 Å². The van der Waals surface area contributed by atoms with E-state index in [-0.39, 0.29) is 0 Å². The Morgan fingerprint density at radius 2 is 1.64 bits per heavy atom. The van der Waals surface area contributed by atoms with E-state index in [1.165, 1.54) is 29.9 Å². The molecule has 0 atom stereocenters. The summed E-state index contributed by atoms with van der Waals surface area (Å²) in [4.78, 5) is 0. The van der Waals surface area contributed by atoms with Gasteiger partial charge in [0.2, 0.25) is 0 Å². The Labute approximate surface area is 96.3 Å². The first-order valence-corrected chi connectivity index (χ1v) is 7.17. The molecule has 3 heteroatoms. The number of nitriles is 1. The Bertz CT molecular complexity index is 182. The Kier molecular flexibility index (Phi) is 11.0. The van der Waals surface area contributed by atoms with Crippen molar-refractivity contribution in [3.05, 3.63) is 10.3 Å². The maximum Gasteiger partial charge on any atom is 0.0929 e. The largest absolute Gasteiger partial charge is 0.193 e. The van der Waals surface area contributed by atoms with Crippen molar-refractivity contribution in [2.24, 2.45) is 0 Å². The first-order valence-electron chi connectivity index (χ1n) is 5.20. The zero-order valence-electron chi connectivity index (χ0n) is 9.08. The molecule has 14 heavy (non-hydrogen) atoms. The molecule has 0 saturated carbocycles. The fraction of sp³-hybridized carbons (Fsp3) is 0.727. The molecule has 80 valence electrons. The molecule has 0 aliphatic rings. The minimum Gasteiger partial charge on any atom is -0.193 e. The van der Waals surface area contributed by atoms with E-state index in [1.807, 2.05) is 23.5 Å². The summed E-state index contributed by atoms with van der Waals surface area (Å²) in [5.74, 6) is 2.28. The summed E-state index contributed by atoms with van der Waals surface area (Å²) in [5, 5.41) is 8.60. The molecule has 0 fully saturated rings. The summed E-state index contributed by atoms with van der Waals surface area (Å²) in [5.41, 5.74) is 0. The zero-order chi connectivity index (χ0) is 10.6. The van der Waals surface area contributed by atoms with Gasteiger partial charge in [-0.25, -0.2) is 0 Å². The molecule has 0 unspecified atom stereocenters. The van der Waals surface area contributed by atoms with Crippen LogP contribution in [0.5, 0.6) is 0 Å². The number of hydrogen-bond acceptors (Lipinski definition) is 3. The van der Waals surface area contributed by atoms with Gasteiger partial charge in [-0.2, -0.15) is 5.26 Å². The maximum absolute atomic E-state index is 8.60. The van der Waals surface area contributed by atoms with E-state index >= 15 is 0 Å². The predicted molar refractivity (Wildman–Crippen MR) is 68.4 cm³/mol. The number of unbranched alkanes of at least 4 members (excludes halogenated alkanes) is 2. The highest BCUT2D eigenvalue weighted by Crippen LogP contribution is 2.29. The first-order chi connectivity index (χ1) is 6.85. The highest BCUT2D eigenvalue weighted by Gasteiger charge is 1.98. The first kappa shape index (κ1) is 13.9. The molecular weight excluding hydrogens is 210 g/mol. The van der Waals surface area contributed by atoms with E-state index in [1.54, 1.807) is 6.08 Å². The number of hydrogen-bond donors (Lipinski definition) is 0. The van der Waals surface area contributed by atoms with Crippen LogP contribution in [0.1, 0.15) is 39.5 Å². The van der Waals surface area contributed by atoms with Gasteiger partial charge in [0.05, 0.1) is 10.3 Å². The van der Waals surface area contributed by atoms with Crippen LogP contribution in [0.4, 0.5) is 0 Å². The molecular formula is C11H19NS2. The molecule has 0 amide bonds. The van der Waals surface area contributed by atoms with Crippen LogP contribution in [0.3, 0.4) is 0 Å². The minimum atomic E-state index is 1.14. The van der Waals surface area contributed by atoms with Gasteiger partial charge in [0, 0.05) is 6.08 Å². The van der Waals surface area contributed by atoms with Gasteiger partial charge in [-0.1, -0.05) is 26.7 Å². The van der Waals surface area contributed by atoms with Crippen LogP contribution in [0.25, 0.3) is 0 Å². The second kappa shape index (κ2) is 11.0. The van der Waals surface area contributed by atoms with Crippen LogP contribution >= 0.6 is 23.5 Å². The maximum atomic E-state index is 8.60. The average Bonchev–Trinajstić information content (AvgIpc) is 2.18. The SMILES string of the molecule is CCCCSC(=CC#N)SCCCC. The van der Waals surface area contributed by atoms with Gasteiger partial charge in [-0.15, -0.1) is 23.5 Å². The number of allylic oxidation sites excluding steroid dienone is 1. The van der Waals surface area contributed by atoms with Crippen molar-refractivity contribution in [3.63, 3.8) is 0 Å². The number of nitrogens with zero attached hydrogens (tertiary/aromatic N) is 1. The minimum absolute atomic E-state index is 1.14. The van der Waals surface area contributed by atoms with Crippen LogP contribution in [0, 0.1) is 11.3 Å². The Balaban J connectivity index is 3.68. The molecule has 0 aromatic heterocycles. The van der Waals surface area contributed by atoms with Crippen molar-refractivity contribution in [1.29, 1.82) is 5.26 Å². The van der Waals surface area contributed by atoms with E-state index in [0.717, 1.165) is 11.5 Å². The van der Waals surface area contributed by atoms with E-state index in [0.29, 0.717) is 0 Å². The highest BCUT2D eigenvalue weighted by molar-refractivity contribution is 8.22. The van der Waals surface area contributed by atoms with Gasteiger partial charge in [0.1, 0.15) is 0 Å². The third kappa shape index (κ3) is 8.52. The summed E-state index contributed by atoms with van der Waals surface area (Å²) in [6.45, 7) is 4.39. The second-order valence-electron chi connectivity index (χ2n) is 3.00. The van der Waals surface area contributed by atoms with Crippen LogP contribution in [0.2, 0.25) is 0 Å². The molecule has 0 rings (SSSR count). The smallest absolute Gasteiger partial charge is 0.0929 e. The summed E-state index contributed by atoms with van der Waals surface area (Å²) in [6, 6.07) is 2.12. The molecule has 0 spiro atoms. The lowest BCUT2D eigenvalue weighted by Gasteiger charge is -2.04. The molecule has 0 heterocycles. The third-order valence-corrected chi connectivity index (χ3v) is 4.16. The lowest BCUT2D eigenvalue weighted by molar-refractivity contribution is 0.896. The van der Waals surface area contributed by atoms with Gasteiger partial charge in [-0.05, 0) is 24.3 Å². The normalized spacial score (nSPS) is 9.50. The Morgan fingerprint density at radius 1 is 1.14 bits per heavy atom. The molecule has 0 radical (unpaired) electrons. The van der Waals surface area contributed by atoms with Crippen molar-refractivity contribution in [2.75, 3.05) is 11.5 Å². The second-order valence-corrected chi connectivity index (χ2v) is 5.53. The number of rotatable bonds is 8. The van der Waals surface area contributed by atoms with Crippen LogP contribution in [0.15, 0.2) is 10.3 Å². The number of thioether (sulfide) groups is 2. The molecule has 0 aromatic rings. The fourth-order valence-electron chi connectivity index (χ4n) is 0.812.